The van der Waals surface area contributed by atoms with E-state index in [2.05, 4.69) is 0 Å². The third-order valence-electron chi connectivity index (χ3n) is 2.70. The van der Waals surface area contributed by atoms with E-state index in [4.69, 9.17) is 5.73 Å². The van der Waals surface area contributed by atoms with Crippen LogP contribution in [-0.2, 0) is 0 Å². The Hall–Kier alpha value is -1.83. The first-order chi connectivity index (χ1) is 7.72. The predicted molar refractivity (Wildman–Crippen MR) is 67.6 cm³/mol. The van der Waals surface area contributed by atoms with Crippen LogP contribution in [-0.4, -0.2) is 5.78 Å². The van der Waals surface area contributed by atoms with Crippen molar-refractivity contribution in [2.75, 3.05) is 5.73 Å². The quantitative estimate of drug-likeness (QED) is 0.627. The number of ketones is 1. The fraction of sp³-hybridized carbons (Fsp3) is 0.214. The summed E-state index contributed by atoms with van der Waals surface area (Å²) in [7, 11) is 0. The van der Waals surface area contributed by atoms with Crippen molar-refractivity contribution in [2.45, 2.75) is 19.8 Å². The summed E-state index contributed by atoms with van der Waals surface area (Å²) >= 11 is 0. The number of anilines is 1. The van der Waals surface area contributed by atoms with Crippen molar-refractivity contribution in [1.29, 1.82) is 0 Å². The van der Waals surface area contributed by atoms with Crippen LogP contribution in [0.15, 0.2) is 36.4 Å². The van der Waals surface area contributed by atoms with Crippen LogP contribution >= 0.6 is 0 Å². The Bertz CT molecular complexity index is 531. The lowest BCUT2D eigenvalue weighted by atomic mass is 10.0. The van der Waals surface area contributed by atoms with Gasteiger partial charge in [-0.25, -0.2) is 0 Å². The molecule has 0 aliphatic carbocycles. The van der Waals surface area contributed by atoms with Crippen molar-refractivity contribution in [3.63, 3.8) is 0 Å². The minimum Gasteiger partial charge on any atom is -0.398 e. The minimum atomic E-state index is 0.130. The molecule has 0 radical (unpaired) electrons. The van der Waals surface area contributed by atoms with E-state index in [1.807, 2.05) is 43.3 Å². The van der Waals surface area contributed by atoms with Crippen LogP contribution in [0.4, 0.5) is 5.69 Å². The van der Waals surface area contributed by atoms with Crippen LogP contribution in [0.2, 0.25) is 0 Å². The molecule has 0 aliphatic heterocycles. The molecular formula is C14H15NO. The lowest BCUT2D eigenvalue weighted by Gasteiger charge is -2.06. The molecule has 0 aromatic heterocycles. The van der Waals surface area contributed by atoms with Crippen LogP contribution in [0, 0.1) is 0 Å². The van der Waals surface area contributed by atoms with Crippen molar-refractivity contribution in [3.05, 3.63) is 42.0 Å². The van der Waals surface area contributed by atoms with Crippen LogP contribution in [0.1, 0.15) is 30.1 Å². The summed E-state index contributed by atoms with van der Waals surface area (Å²) in [5, 5.41) is 2.14. The number of fused-ring (bicyclic) bond motifs is 1. The predicted octanol–water partition coefficient (Wildman–Crippen LogP) is 3.40. The first-order valence-corrected chi connectivity index (χ1v) is 5.54. The summed E-state index contributed by atoms with van der Waals surface area (Å²) in [5.74, 6) is 0.130. The highest BCUT2D eigenvalue weighted by atomic mass is 16.1. The summed E-state index contributed by atoms with van der Waals surface area (Å²) < 4.78 is 0. The molecule has 2 aromatic rings. The molecule has 0 heterocycles. The van der Waals surface area contributed by atoms with E-state index in [9.17, 15) is 4.79 Å². The summed E-state index contributed by atoms with van der Waals surface area (Å²) in [6, 6.07) is 11.7. The lowest BCUT2D eigenvalue weighted by molar-refractivity contribution is 0.0983. The van der Waals surface area contributed by atoms with E-state index < -0.39 is 0 Å². The number of nitrogen functional groups attached to an aromatic ring is 1. The topological polar surface area (TPSA) is 43.1 Å². The average molecular weight is 213 g/mol. The van der Waals surface area contributed by atoms with Crippen molar-refractivity contribution in [1.82, 2.24) is 0 Å². The van der Waals surface area contributed by atoms with Gasteiger partial charge in [-0.1, -0.05) is 31.2 Å². The van der Waals surface area contributed by atoms with E-state index in [0.717, 1.165) is 17.2 Å². The fourth-order valence-corrected chi connectivity index (χ4v) is 1.86. The fourth-order valence-electron chi connectivity index (χ4n) is 1.86. The zero-order valence-electron chi connectivity index (χ0n) is 9.36. The second-order valence-corrected chi connectivity index (χ2v) is 3.96. The van der Waals surface area contributed by atoms with Gasteiger partial charge in [-0.05, 0) is 29.3 Å². The van der Waals surface area contributed by atoms with Gasteiger partial charge in [0.15, 0.2) is 5.78 Å². The highest BCUT2D eigenvalue weighted by molar-refractivity contribution is 6.05. The number of carbonyl (C=O) groups is 1. The molecule has 0 amide bonds. The van der Waals surface area contributed by atoms with Crippen LogP contribution in [0.25, 0.3) is 10.8 Å². The van der Waals surface area contributed by atoms with Gasteiger partial charge in [-0.2, -0.15) is 0 Å². The van der Waals surface area contributed by atoms with E-state index in [0.29, 0.717) is 17.7 Å². The molecule has 0 saturated carbocycles. The number of Topliss-reactive ketones (excluding diaryl/α,β-unsaturated/α-hetero) is 1. The average Bonchev–Trinajstić information content (AvgIpc) is 2.28. The molecule has 0 atom stereocenters. The van der Waals surface area contributed by atoms with E-state index in [1.165, 1.54) is 0 Å². The molecular weight excluding hydrogens is 198 g/mol. The van der Waals surface area contributed by atoms with E-state index in [1.54, 1.807) is 0 Å². The van der Waals surface area contributed by atoms with Crippen molar-refractivity contribution < 1.29 is 4.79 Å². The van der Waals surface area contributed by atoms with E-state index >= 15 is 0 Å². The zero-order chi connectivity index (χ0) is 11.5. The molecule has 2 N–H and O–H groups in total. The first kappa shape index (κ1) is 10.7. The SMILES string of the molecule is CCCC(=O)c1cc2ccccc2cc1N. The van der Waals surface area contributed by atoms with Gasteiger partial charge < -0.3 is 5.73 Å². The maximum Gasteiger partial charge on any atom is 0.164 e. The lowest BCUT2D eigenvalue weighted by Crippen LogP contribution is -2.03. The normalized spacial score (nSPS) is 10.6. The molecule has 0 unspecified atom stereocenters. The Labute approximate surface area is 95.1 Å². The number of hydrogen-bond donors (Lipinski definition) is 1. The molecule has 16 heavy (non-hydrogen) atoms. The first-order valence-electron chi connectivity index (χ1n) is 5.54. The molecule has 2 aromatic carbocycles. The van der Waals surface area contributed by atoms with Crippen LogP contribution in [0.3, 0.4) is 0 Å². The van der Waals surface area contributed by atoms with Crippen molar-refractivity contribution in [2.24, 2.45) is 0 Å². The second kappa shape index (κ2) is 4.35. The molecule has 0 spiro atoms. The number of rotatable bonds is 3. The molecule has 0 bridgehead atoms. The molecule has 0 aliphatic rings. The van der Waals surface area contributed by atoms with Crippen LogP contribution < -0.4 is 5.73 Å². The van der Waals surface area contributed by atoms with Crippen LogP contribution in [0.5, 0.6) is 0 Å². The molecule has 82 valence electrons. The molecule has 0 fully saturated rings. The largest absolute Gasteiger partial charge is 0.398 e. The molecule has 2 heteroatoms. The van der Waals surface area contributed by atoms with Gasteiger partial charge in [0.2, 0.25) is 0 Å². The van der Waals surface area contributed by atoms with E-state index in [-0.39, 0.29) is 5.78 Å². The number of hydrogen-bond acceptors (Lipinski definition) is 2. The number of carbonyl (C=O) groups excluding carboxylic acids is 1. The Morgan fingerprint density at radius 2 is 1.81 bits per heavy atom. The standard InChI is InChI=1S/C14H15NO/c1-2-5-14(16)12-8-10-6-3-4-7-11(10)9-13(12)15/h3-4,6-9H,2,5,15H2,1H3. The molecule has 2 rings (SSSR count). The van der Waals surface area contributed by atoms with Gasteiger partial charge in [0.05, 0.1) is 0 Å². The Balaban J connectivity index is 2.54. The number of nitrogens with two attached hydrogens (primary N) is 1. The van der Waals surface area contributed by atoms with Gasteiger partial charge in [0, 0.05) is 17.7 Å². The summed E-state index contributed by atoms with van der Waals surface area (Å²) in [4.78, 5) is 11.8. The third kappa shape index (κ3) is 1.91. The highest BCUT2D eigenvalue weighted by Crippen LogP contribution is 2.23. The second-order valence-electron chi connectivity index (χ2n) is 3.96. The number of benzene rings is 2. The van der Waals surface area contributed by atoms with Gasteiger partial charge >= 0.3 is 0 Å². The Morgan fingerprint density at radius 1 is 1.19 bits per heavy atom. The highest BCUT2D eigenvalue weighted by Gasteiger charge is 2.09. The van der Waals surface area contributed by atoms with Gasteiger partial charge in [0.25, 0.3) is 0 Å². The third-order valence-corrected chi connectivity index (χ3v) is 2.70. The Morgan fingerprint density at radius 3 is 2.44 bits per heavy atom. The van der Waals surface area contributed by atoms with Crippen molar-refractivity contribution >= 4 is 22.2 Å². The van der Waals surface area contributed by atoms with Gasteiger partial charge in [0.1, 0.15) is 0 Å². The monoisotopic (exact) mass is 213 g/mol. The molecule has 2 nitrogen and oxygen atoms in total. The maximum atomic E-state index is 11.8. The van der Waals surface area contributed by atoms with Gasteiger partial charge in [-0.3, -0.25) is 4.79 Å². The Kier molecular flexibility index (Phi) is 2.91. The van der Waals surface area contributed by atoms with Gasteiger partial charge in [-0.15, -0.1) is 0 Å². The summed E-state index contributed by atoms with van der Waals surface area (Å²) in [6.07, 6.45) is 1.41. The summed E-state index contributed by atoms with van der Waals surface area (Å²) in [5.41, 5.74) is 7.13. The smallest absolute Gasteiger partial charge is 0.164 e. The molecule has 0 saturated heterocycles. The van der Waals surface area contributed by atoms with Crippen molar-refractivity contribution in [3.8, 4) is 0 Å². The zero-order valence-corrected chi connectivity index (χ0v) is 9.36. The summed E-state index contributed by atoms with van der Waals surface area (Å²) in [6.45, 7) is 2.00. The minimum absolute atomic E-state index is 0.130. The maximum absolute atomic E-state index is 11.8.